The molecule has 0 radical (unpaired) electrons. The fraction of sp³-hybridized carbons (Fsp3) is 0.0556. The van der Waals surface area contributed by atoms with Crippen LogP contribution in [-0.4, -0.2) is 20.7 Å². The van der Waals surface area contributed by atoms with Crippen LogP contribution in [0, 0.1) is 0 Å². The van der Waals surface area contributed by atoms with E-state index in [4.69, 9.17) is 11.6 Å². The molecule has 7 heteroatoms. The zero-order chi connectivity index (χ0) is 17.2. The molecule has 0 bridgehead atoms. The zero-order valence-electron chi connectivity index (χ0n) is 13.0. The van der Waals surface area contributed by atoms with E-state index in [0.717, 1.165) is 15.6 Å². The van der Waals surface area contributed by atoms with Gasteiger partial charge in [0.2, 0.25) is 5.95 Å². The number of hydrogen-bond donors (Lipinski definition) is 1. The second-order valence-electron chi connectivity index (χ2n) is 5.45. The zero-order valence-corrected chi connectivity index (χ0v) is 14.6. The Morgan fingerprint density at radius 1 is 1.12 bits per heavy atom. The highest BCUT2D eigenvalue weighted by Crippen LogP contribution is 2.35. The van der Waals surface area contributed by atoms with Gasteiger partial charge in [0.1, 0.15) is 11.2 Å². The first-order valence-electron chi connectivity index (χ1n) is 7.62. The maximum Gasteiger partial charge on any atom is 0.269 e. The van der Waals surface area contributed by atoms with Crippen LogP contribution in [0.1, 0.15) is 15.2 Å². The average molecular weight is 369 g/mol. The van der Waals surface area contributed by atoms with E-state index in [9.17, 15) is 4.79 Å². The Labute approximate surface area is 152 Å². The summed E-state index contributed by atoms with van der Waals surface area (Å²) in [4.78, 5) is 17.1. The van der Waals surface area contributed by atoms with Crippen LogP contribution in [0.5, 0.6) is 0 Å². The van der Waals surface area contributed by atoms with Crippen molar-refractivity contribution < 1.29 is 4.79 Å². The van der Waals surface area contributed by atoms with Crippen molar-refractivity contribution in [1.82, 2.24) is 14.8 Å². The molecule has 25 heavy (non-hydrogen) atoms. The van der Waals surface area contributed by atoms with Crippen LogP contribution in [0.4, 0.5) is 5.95 Å². The summed E-state index contributed by atoms with van der Waals surface area (Å²) < 4.78 is 2.65. The maximum atomic E-state index is 12.5. The van der Waals surface area contributed by atoms with Gasteiger partial charge in [-0.05, 0) is 11.6 Å². The Hall–Kier alpha value is -2.70. The summed E-state index contributed by atoms with van der Waals surface area (Å²) in [6.07, 6.45) is 1.59. The first-order valence-corrected chi connectivity index (χ1v) is 8.82. The van der Waals surface area contributed by atoms with Crippen LogP contribution in [0.15, 0.2) is 60.9 Å². The molecular weight excluding hydrogens is 356 g/mol. The fourth-order valence-electron chi connectivity index (χ4n) is 2.52. The van der Waals surface area contributed by atoms with Crippen molar-refractivity contribution in [2.75, 3.05) is 5.32 Å². The number of rotatable bonds is 4. The van der Waals surface area contributed by atoms with Gasteiger partial charge in [0.25, 0.3) is 5.91 Å². The quantitative estimate of drug-likeness (QED) is 0.579. The van der Waals surface area contributed by atoms with E-state index in [-0.39, 0.29) is 11.9 Å². The van der Waals surface area contributed by atoms with E-state index in [1.807, 2.05) is 54.6 Å². The topological polar surface area (TPSA) is 59.8 Å². The number of carbonyl (C=O) groups excluding carboxylic acids is 1. The molecule has 4 rings (SSSR count). The molecule has 4 aromatic rings. The molecule has 0 unspecified atom stereocenters. The van der Waals surface area contributed by atoms with E-state index >= 15 is 0 Å². The van der Waals surface area contributed by atoms with Crippen molar-refractivity contribution in [3.63, 3.8) is 0 Å². The molecule has 0 aliphatic carbocycles. The lowest BCUT2D eigenvalue weighted by atomic mass is 10.2. The van der Waals surface area contributed by atoms with Crippen molar-refractivity contribution in [2.24, 2.45) is 0 Å². The van der Waals surface area contributed by atoms with Gasteiger partial charge < -0.3 is 0 Å². The van der Waals surface area contributed by atoms with Crippen molar-refractivity contribution in [3.05, 3.63) is 76.4 Å². The van der Waals surface area contributed by atoms with Crippen LogP contribution in [0.2, 0.25) is 5.02 Å². The van der Waals surface area contributed by atoms with E-state index in [2.05, 4.69) is 15.4 Å². The molecule has 2 aromatic heterocycles. The molecule has 2 heterocycles. The number of halogens is 1. The Bertz CT molecular complexity index is 1040. The second-order valence-corrected chi connectivity index (χ2v) is 6.88. The van der Waals surface area contributed by atoms with Crippen molar-refractivity contribution >= 4 is 44.9 Å². The Morgan fingerprint density at radius 2 is 1.88 bits per heavy atom. The molecule has 0 atom stereocenters. The SMILES string of the molecule is O=C(Nc1ncn(Cc2ccccc2)n1)c1sc2ccccc2c1Cl. The Kier molecular flexibility index (Phi) is 4.21. The third-order valence-corrected chi connectivity index (χ3v) is 5.36. The number of carbonyl (C=O) groups is 1. The molecule has 0 aliphatic rings. The molecule has 1 amide bonds. The number of anilines is 1. The lowest BCUT2D eigenvalue weighted by Crippen LogP contribution is -2.12. The number of hydrogen-bond acceptors (Lipinski definition) is 4. The molecule has 0 saturated carbocycles. The molecule has 1 N–H and O–H groups in total. The minimum atomic E-state index is -0.302. The molecular formula is C18H13ClN4OS. The number of thiophene rings is 1. The first-order chi connectivity index (χ1) is 12.2. The highest BCUT2D eigenvalue weighted by atomic mass is 35.5. The van der Waals surface area contributed by atoms with Gasteiger partial charge >= 0.3 is 0 Å². The molecule has 2 aromatic carbocycles. The van der Waals surface area contributed by atoms with Crippen molar-refractivity contribution in [1.29, 1.82) is 0 Å². The van der Waals surface area contributed by atoms with Crippen molar-refractivity contribution in [2.45, 2.75) is 6.54 Å². The van der Waals surface area contributed by atoms with Gasteiger partial charge in [0.05, 0.1) is 11.6 Å². The summed E-state index contributed by atoms with van der Waals surface area (Å²) in [6.45, 7) is 0.591. The van der Waals surface area contributed by atoms with Crippen LogP contribution in [-0.2, 0) is 6.54 Å². The van der Waals surface area contributed by atoms with E-state index in [0.29, 0.717) is 16.4 Å². The minimum Gasteiger partial charge on any atom is -0.288 e. The highest BCUT2D eigenvalue weighted by molar-refractivity contribution is 7.21. The Balaban J connectivity index is 1.52. The summed E-state index contributed by atoms with van der Waals surface area (Å²) in [6, 6.07) is 17.6. The maximum absolute atomic E-state index is 12.5. The van der Waals surface area contributed by atoms with Crippen LogP contribution < -0.4 is 5.32 Å². The van der Waals surface area contributed by atoms with Gasteiger partial charge in [0, 0.05) is 10.1 Å². The average Bonchev–Trinajstić information content (AvgIpc) is 3.20. The highest BCUT2D eigenvalue weighted by Gasteiger charge is 2.18. The number of nitrogens with one attached hydrogen (secondary N) is 1. The lowest BCUT2D eigenvalue weighted by molar-refractivity contribution is 0.103. The number of aromatic nitrogens is 3. The predicted molar refractivity (Wildman–Crippen MR) is 100 cm³/mol. The van der Waals surface area contributed by atoms with Gasteiger partial charge in [-0.15, -0.1) is 16.4 Å². The third kappa shape index (κ3) is 3.26. The van der Waals surface area contributed by atoms with Crippen molar-refractivity contribution in [3.8, 4) is 0 Å². The first kappa shape index (κ1) is 15.8. The van der Waals surface area contributed by atoms with Crippen LogP contribution in [0.25, 0.3) is 10.1 Å². The van der Waals surface area contributed by atoms with E-state index in [1.165, 1.54) is 11.3 Å². The minimum absolute atomic E-state index is 0.259. The molecule has 0 aliphatic heterocycles. The normalized spacial score (nSPS) is 10.9. The number of fused-ring (bicyclic) bond motifs is 1. The predicted octanol–water partition coefficient (Wildman–Crippen LogP) is 4.45. The van der Waals surface area contributed by atoms with Crippen LogP contribution in [0.3, 0.4) is 0 Å². The number of amides is 1. The molecule has 124 valence electrons. The standard InChI is InChI=1S/C18H13ClN4OS/c19-15-13-8-4-5-9-14(13)25-16(15)17(24)21-18-20-11-23(22-18)10-12-6-2-1-3-7-12/h1-9,11H,10H2,(H,21,22,24). The van der Waals surface area contributed by atoms with E-state index < -0.39 is 0 Å². The number of benzene rings is 2. The van der Waals surface area contributed by atoms with Gasteiger partial charge in [-0.2, -0.15) is 0 Å². The van der Waals surface area contributed by atoms with Gasteiger partial charge in [-0.25, -0.2) is 9.67 Å². The largest absolute Gasteiger partial charge is 0.288 e. The van der Waals surface area contributed by atoms with Gasteiger partial charge in [0.15, 0.2) is 0 Å². The fourth-order valence-corrected chi connectivity index (χ4v) is 3.93. The number of nitrogens with zero attached hydrogens (tertiary/aromatic N) is 3. The summed E-state index contributed by atoms with van der Waals surface area (Å²) in [5.41, 5.74) is 1.11. The smallest absolute Gasteiger partial charge is 0.269 e. The molecule has 5 nitrogen and oxygen atoms in total. The molecule has 0 fully saturated rings. The summed E-state index contributed by atoms with van der Waals surface area (Å²) in [7, 11) is 0. The van der Waals surface area contributed by atoms with Gasteiger partial charge in [-0.3, -0.25) is 10.1 Å². The lowest BCUT2D eigenvalue weighted by Gasteiger charge is -2.01. The third-order valence-electron chi connectivity index (χ3n) is 3.69. The van der Waals surface area contributed by atoms with Gasteiger partial charge in [-0.1, -0.05) is 60.1 Å². The van der Waals surface area contributed by atoms with Crippen LogP contribution >= 0.6 is 22.9 Å². The van der Waals surface area contributed by atoms with E-state index in [1.54, 1.807) is 11.0 Å². The summed E-state index contributed by atoms with van der Waals surface area (Å²) >= 11 is 7.69. The summed E-state index contributed by atoms with van der Waals surface area (Å²) in [5.74, 6) is -0.0434. The second kappa shape index (κ2) is 6.66. The molecule has 0 spiro atoms. The monoisotopic (exact) mass is 368 g/mol. The molecule has 0 saturated heterocycles. The summed E-state index contributed by atoms with van der Waals surface area (Å²) in [5, 5.41) is 8.34. The Morgan fingerprint density at radius 3 is 2.68 bits per heavy atom.